The number of halogens is 1. The Morgan fingerprint density at radius 3 is 2.12 bits per heavy atom. The smallest absolute Gasteiger partial charge is 0.129 e. The average molecular weight is 239 g/mol. The molecular weight excluding hydrogens is 220 g/mol. The summed E-state index contributed by atoms with van der Waals surface area (Å²) in [6.45, 7) is 5.94. The summed E-state index contributed by atoms with van der Waals surface area (Å²) >= 11 is 6.23. The molecule has 2 heteroatoms. The van der Waals surface area contributed by atoms with E-state index in [0.717, 1.165) is 12.0 Å². The molecule has 88 valence electrons. The van der Waals surface area contributed by atoms with Crippen LogP contribution in [0, 0.1) is 0 Å². The maximum absolute atomic E-state index is 10.9. The maximum Gasteiger partial charge on any atom is 0.129 e. The van der Waals surface area contributed by atoms with Crippen LogP contribution in [0.4, 0.5) is 0 Å². The van der Waals surface area contributed by atoms with Crippen molar-refractivity contribution in [2.45, 2.75) is 44.9 Å². The zero-order valence-corrected chi connectivity index (χ0v) is 10.9. The first-order valence-electron chi connectivity index (χ1n) is 5.74. The standard InChI is InChI=1S/C14H19ClO/c1-10(2)12-5-7-13(8-6-12)14(15)9-4-11(3)16/h5-8,10,14H,4,9H2,1-3H3. The first kappa shape index (κ1) is 13.2. The molecule has 0 amide bonds. The molecule has 1 aromatic carbocycles. The number of alkyl halides is 1. The van der Waals surface area contributed by atoms with Crippen LogP contribution in [0.15, 0.2) is 24.3 Å². The van der Waals surface area contributed by atoms with E-state index in [-0.39, 0.29) is 11.2 Å². The molecule has 0 saturated heterocycles. The molecule has 0 fully saturated rings. The van der Waals surface area contributed by atoms with Gasteiger partial charge in [0.1, 0.15) is 5.78 Å². The third kappa shape index (κ3) is 3.97. The summed E-state index contributed by atoms with van der Waals surface area (Å²) in [6, 6.07) is 8.35. The lowest BCUT2D eigenvalue weighted by molar-refractivity contribution is -0.117. The monoisotopic (exact) mass is 238 g/mol. The summed E-state index contributed by atoms with van der Waals surface area (Å²) in [7, 11) is 0. The van der Waals surface area contributed by atoms with Crippen molar-refractivity contribution in [1.82, 2.24) is 0 Å². The second-order valence-electron chi connectivity index (χ2n) is 4.53. The quantitative estimate of drug-likeness (QED) is 0.693. The fraction of sp³-hybridized carbons (Fsp3) is 0.500. The first-order chi connectivity index (χ1) is 7.50. The Morgan fingerprint density at radius 1 is 1.19 bits per heavy atom. The predicted octanol–water partition coefficient (Wildman–Crippen LogP) is 4.46. The van der Waals surface area contributed by atoms with E-state index < -0.39 is 0 Å². The van der Waals surface area contributed by atoms with Crippen LogP contribution in [0.1, 0.15) is 56.0 Å². The Hall–Kier alpha value is -0.820. The van der Waals surface area contributed by atoms with E-state index >= 15 is 0 Å². The summed E-state index contributed by atoms with van der Waals surface area (Å²) in [5.41, 5.74) is 2.42. The SMILES string of the molecule is CC(=O)CCC(Cl)c1ccc(C(C)C)cc1. The second-order valence-corrected chi connectivity index (χ2v) is 5.06. The van der Waals surface area contributed by atoms with Crippen LogP contribution in [0.3, 0.4) is 0 Å². The van der Waals surface area contributed by atoms with Crippen molar-refractivity contribution < 1.29 is 4.79 Å². The van der Waals surface area contributed by atoms with Gasteiger partial charge in [-0.15, -0.1) is 11.6 Å². The zero-order chi connectivity index (χ0) is 12.1. The van der Waals surface area contributed by atoms with Crippen molar-refractivity contribution in [3.63, 3.8) is 0 Å². The summed E-state index contributed by atoms with van der Waals surface area (Å²) in [5.74, 6) is 0.740. The molecule has 16 heavy (non-hydrogen) atoms. The summed E-state index contributed by atoms with van der Waals surface area (Å²) < 4.78 is 0. The van der Waals surface area contributed by atoms with Crippen LogP contribution in [0.25, 0.3) is 0 Å². The minimum absolute atomic E-state index is 0.0508. The van der Waals surface area contributed by atoms with E-state index in [9.17, 15) is 4.79 Å². The Morgan fingerprint density at radius 2 is 1.69 bits per heavy atom. The Balaban J connectivity index is 2.62. The highest BCUT2D eigenvalue weighted by Gasteiger charge is 2.09. The van der Waals surface area contributed by atoms with Crippen LogP contribution >= 0.6 is 11.6 Å². The van der Waals surface area contributed by atoms with E-state index in [1.807, 2.05) is 0 Å². The number of benzene rings is 1. The van der Waals surface area contributed by atoms with Crippen molar-refractivity contribution in [3.05, 3.63) is 35.4 Å². The molecule has 0 N–H and O–H groups in total. The van der Waals surface area contributed by atoms with Crippen LogP contribution in [-0.4, -0.2) is 5.78 Å². The Bertz CT molecular complexity index is 340. The van der Waals surface area contributed by atoms with Gasteiger partial charge in [-0.3, -0.25) is 0 Å². The van der Waals surface area contributed by atoms with Crippen LogP contribution in [0.2, 0.25) is 0 Å². The third-order valence-electron chi connectivity index (χ3n) is 2.71. The summed E-state index contributed by atoms with van der Waals surface area (Å²) in [6.07, 6.45) is 1.28. The minimum Gasteiger partial charge on any atom is -0.300 e. The molecule has 1 unspecified atom stereocenters. The lowest BCUT2D eigenvalue weighted by atomic mass is 9.99. The summed E-state index contributed by atoms with van der Waals surface area (Å²) in [5, 5.41) is -0.0508. The molecule has 0 aromatic heterocycles. The number of carbonyl (C=O) groups excluding carboxylic acids is 1. The topological polar surface area (TPSA) is 17.1 Å². The van der Waals surface area contributed by atoms with Crippen LogP contribution in [0.5, 0.6) is 0 Å². The van der Waals surface area contributed by atoms with Gasteiger partial charge in [-0.05, 0) is 30.4 Å². The molecule has 0 aliphatic carbocycles. The molecule has 1 aromatic rings. The van der Waals surface area contributed by atoms with Gasteiger partial charge in [0.05, 0.1) is 5.38 Å². The average Bonchev–Trinajstić information content (AvgIpc) is 2.26. The van der Waals surface area contributed by atoms with Gasteiger partial charge in [-0.2, -0.15) is 0 Å². The first-order valence-corrected chi connectivity index (χ1v) is 6.17. The lowest BCUT2D eigenvalue weighted by Crippen LogP contribution is -1.96. The largest absolute Gasteiger partial charge is 0.300 e. The van der Waals surface area contributed by atoms with Gasteiger partial charge in [0.15, 0.2) is 0 Å². The fourth-order valence-corrected chi connectivity index (χ4v) is 1.84. The van der Waals surface area contributed by atoms with Crippen molar-refractivity contribution in [2.24, 2.45) is 0 Å². The molecule has 0 aliphatic rings. The predicted molar refractivity (Wildman–Crippen MR) is 69.0 cm³/mol. The normalized spacial score (nSPS) is 12.8. The third-order valence-corrected chi connectivity index (χ3v) is 3.18. The van der Waals surface area contributed by atoms with Gasteiger partial charge >= 0.3 is 0 Å². The zero-order valence-electron chi connectivity index (χ0n) is 10.2. The molecular formula is C14H19ClO. The minimum atomic E-state index is -0.0508. The molecule has 0 bridgehead atoms. The molecule has 1 rings (SSSR count). The highest BCUT2D eigenvalue weighted by molar-refractivity contribution is 6.20. The molecule has 0 aliphatic heterocycles. The maximum atomic E-state index is 10.9. The van der Waals surface area contributed by atoms with Crippen LogP contribution in [-0.2, 0) is 4.79 Å². The van der Waals surface area contributed by atoms with Gasteiger partial charge in [-0.1, -0.05) is 38.1 Å². The highest BCUT2D eigenvalue weighted by Crippen LogP contribution is 2.27. The molecule has 1 nitrogen and oxygen atoms in total. The van der Waals surface area contributed by atoms with E-state index in [0.29, 0.717) is 12.3 Å². The van der Waals surface area contributed by atoms with Crippen molar-refractivity contribution >= 4 is 17.4 Å². The van der Waals surface area contributed by atoms with E-state index in [1.54, 1.807) is 6.92 Å². The van der Waals surface area contributed by atoms with E-state index in [1.165, 1.54) is 5.56 Å². The van der Waals surface area contributed by atoms with Crippen molar-refractivity contribution in [3.8, 4) is 0 Å². The molecule has 0 spiro atoms. The Labute approximate surface area is 103 Å². The van der Waals surface area contributed by atoms with E-state index in [4.69, 9.17) is 11.6 Å². The fourth-order valence-electron chi connectivity index (χ4n) is 1.59. The van der Waals surface area contributed by atoms with Gasteiger partial charge in [0.25, 0.3) is 0 Å². The van der Waals surface area contributed by atoms with Gasteiger partial charge in [-0.25, -0.2) is 0 Å². The number of hydrogen-bond acceptors (Lipinski definition) is 1. The molecule has 1 atom stereocenters. The number of rotatable bonds is 5. The number of ketones is 1. The second kappa shape index (κ2) is 6.05. The van der Waals surface area contributed by atoms with Gasteiger partial charge in [0, 0.05) is 6.42 Å². The highest BCUT2D eigenvalue weighted by atomic mass is 35.5. The Kier molecular flexibility index (Phi) is 5.01. The van der Waals surface area contributed by atoms with E-state index in [2.05, 4.69) is 38.1 Å². The molecule has 0 radical (unpaired) electrons. The summed E-state index contributed by atoms with van der Waals surface area (Å²) in [4.78, 5) is 10.9. The number of hydrogen-bond donors (Lipinski definition) is 0. The number of Topliss-reactive ketones (excluding diaryl/α,β-unsaturated/α-hetero) is 1. The van der Waals surface area contributed by atoms with Crippen molar-refractivity contribution in [1.29, 1.82) is 0 Å². The number of carbonyl (C=O) groups is 1. The molecule has 0 heterocycles. The van der Waals surface area contributed by atoms with Gasteiger partial charge < -0.3 is 4.79 Å². The van der Waals surface area contributed by atoms with Crippen molar-refractivity contribution in [2.75, 3.05) is 0 Å². The van der Waals surface area contributed by atoms with Crippen LogP contribution < -0.4 is 0 Å². The van der Waals surface area contributed by atoms with Gasteiger partial charge in [0.2, 0.25) is 0 Å². The molecule has 0 saturated carbocycles. The lowest BCUT2D eigenvalue weighted by Gasteiger charge is -2.11.